The molecular weight excluding hydrogens is 288 g/mol. The Bertz CT molecular complexity index is 628. The third-order valence-electron chi connectivity index (χ3n) is 4.00. The second-order valence-electron chi connectivity index (χ2n) is 5.15. The maximum atomic E-state index is 6.23. The molecule has 0 spiro atoms. The summed E-state index contributed by atoms with van der Waals surface area (Å²) in [6.07, 6.45) is 3.87. The van der Waals surface area contributed by atoms with Crippen LogP contribution in [0, 0.1) is 0 Å². The molecule has 5 nitrogen and oxygen atoms in total. The van der Waals surface area contributed by atoms with Gasteiger partial charge in [-0.15, -0.1) is 0 Å². The van der Waals surface area contributed by atoms with Crippen molar-refractivity contribution < 1.29 is 4.74 Å². The number of ether oxygens (including phenoxy) is 1. The molecule has 1 aromatic carbocycles. The highest BCUT2D eigenvalue weighted by atomic mass is 35.5. The number of benzene rings is 1. The van der Waals surface area contributed by atoms with E-state index in [2.05, 4.69) is 14.5 Å². The highest BCUT2D eigenvalue weighted by Crippen LogP contribution is 2.30. The number of hydrogen-bond donors (Lipinski definition) is 1. The van der Waals surface area contributed by atoms with Gasteiger partial charge in [-0.05, 0) is 17.7 Å². The van der Waals surface area contributed by atoms with Gasteiger partial charge in [-0.25, -0.2) is 4.98 Å². The van der Waals surface area contributed by atoms with E-state index in [0.717, 1.165) is 31.0 Å². The molecule has 1 atom stereocenters. The number of rotatable bonds is 4. The third-order valence-corrected chi connectivity index (χ3v) is 4.29. The number of imidazole rings is 1. The Morgan fingerprint density at radius 2 is 2.29 bits per heavy atom. The Morgan fingerprint density at radius 3 is 3.00 bits per heavy atom. The van der Waals surface area contributed by atoms with Crippen molar-refractivity contribution in [2.45, 2.75) is 19.1 Å². The molecule has 1 aliphatic rings. The summed E-state index contributed by atoms with van der Waals surface area (Å²) in [5.41, 5.74) is 7.12. The SMILES string of the molecule is COc1ccc(C(CN)N2CCn3ccnc3C2)cc1Cl. The van der Waals surface area contributed by atoms with Gasteiger partial charge >= 0.3 is 0 Å². The lowest BCUT2D eigenvalue weighted by Gasteiger charge is -2.34. The first-order chi connectivity index (χ1) is 10.2. The normalized spacial score (nSPS) is 16.5. The van der Waals surface area contributed by atoms with Gasteiger partial charge < -0.3 is 15.0 Å². The van der Waals surface area contributed by atoms with Crippen LogP contribution in [0.2, 0.25) is 5.02 Å². The van der Waals surface area contributed by atoms with E-state index in [1.165, 1.54) is 0 Å². The second kappa shape index (κ2) is 6.05. The number of fused-ring (bicyclic) bond motifs is 1. The molecule has 112 valence electrons. The molecule has 0 bridgehead atoms. The number of nitrogens with zero attached hydrogens (tertiary/aromatic N) is 3. The van der Waals surface area contributed by atoms with Crippen molar-refractivity contribution in [3.63, 3.8) is 0 Å². The van der Waals surface area contributed by atoms with E-state index in [1.807, 2.05) is 30.6 Å². The smallest absolute Gasteiger partial charge is 0.137 e. The summed E-state index contributed by atoms with van der Waals surface area (Å²) in [6.45, 7) is 3.24. The monoisotopic (exact) mass is 306 g/mol. The minimum atomic E-state index is 0.138. The molecule has 1 aliphatic heterocycles. The number of nitrogens with two attached hydrogens (primary N) is 1. The summed E-state index contributed by atoms with van der Waals surface area (Å²) in [4.78, 5) is 6.74. The van der Waals surface area contributed by atoms with Crippen LogP contribution in [0.3, 0.4) is 0 Å². The minimum Gasteiger partial charge on any atom is -0.495 e. The topological polar surface area (TPSA) is 56.3 Å². The van der Waals surface area contributed by atoms with Gasteiger partial charge in [-0.1, -0.05) is 17.7 Å². The lowest BCUT2D eigenvalue weighted by molar-refractivity contribution is 0.156. The Hall–Kier alpha value is -1.56. The van der Waals surface area contributed by atoms with Gasteiger partial charge in [0.15, 0.2) is 0 Å². The molecule has 1 unspecified atom stereocenters. The predicted octanol–water partition coefficient (Wildman–Crippen LogP) is 2.06. The number of halogens is 1. The standard InChI is InChI=1S/C15H19ClN4O/c1-21-14-3-2-11(8-12(14)16)13(9-17)20-7-6-19-5-4-18-15(19)10-20/h2-5,8,13H,6-7,9-10,17H2,1H3. The largest absolute Gasteiger partial charge is 0.495 e. The van der Waals surface area contributed by atoms with Gasteiger partial charge in [-0.2, -0.15) is 0 Å². The quantitative estimate of drug-likeness (QED) is 0.939. The highest BCUT2D eigenvalue weighted by molar-refractivity contribution is 6.32. The van der Waals surface area contributed by atoms with E-state index < -0.39 is 0 Å². The van der Waals surface area contributed by atoms with Crippen molar-refractivity contribution in [3.8, 4) is 5.75 Å². The molecule has 2 N–H and O–H groups in total. The van der Waals surface area contributed by atoms with Gasteiger partial charge in [0.2, 0.25) is 0 Å². The van der Waals surface area contributed by atoms with Crippen molar-refractivity contribution in [3.05, 3.63) is 47.0 Å². The van der Waals surface area contributed by atoms with Crippen LogP contribution in [0.15, 0.2) is 30.6 Å². The van der Waals surface area contributed by atoms with Gasteiger partial charge in [0.1, 0.15) is 11.6 Å². The molecule has 0 amide bonds. The fourth-order valence-corrected chi connectivity index (χ4v) is 3.11. The van der Waals surface area contributed by atoms with Crippen LogP contribution >= 0.6 is 11.6 Å². The molecule has 2 heterocycles. The van der Waals surface area contributed by atoms with E-state index in [1.54, 1.807) is 7.11 Å². The maximum absolute atomic E-state index is 6.23. The summed E-state index contributed by atoms with van der Waals surface area (Å²) in [5.74, 6) is 1.77. The lowest BCUT2D eigenvalue weighted by atomic mass is 10.0. The summed E-state index contributed by atoms with van der Waals surface area (Å²) >= 11 is 6.23. The summed E-state index contributed by atoms with van der Waals surface area (Å²) in [5, 5.41) is 0.618. The van der Waals surface area contributed by atoms with Crippen LogP contribution in [0.4, 0.5) is 0 Å². The molecule has 1 aromatic heterocycles. The lowest BCUT2D eigenvalue weighted by Crippen LogP contribution is -2.39. The van der Waals surface area contributed by atoms with Gasteiger partial charge in [0.25, 0.3) is 0 Å². The number of methoxy groups -OCH3 is 1. The van der Waals surface area contributed by atoms with E-state index in [0.29, 0.717) is 17.3 Å². The molecular formula is C15H19ClN4O. The van der Waals surface area contributed by atoms with E-state index in [9.17, 15) is 0 Å². The molecule has 0 aliphatic carbocycles. The zero-order valence-electron chi connectivity index (χ0n) is 12.0. The zero-order valence-corrected chi connectivity index (χ0v) is 12.8. The molecule has 0 saturated carbocycles. The van der Waals surface area contributed by atoms with Gasteiger partial charge in [0.05, 0.1) is 18.7 Å². The van der Waals surface area contributed by atoms with E-state index in [4.69, 9.17) is 22.1 Å². The minimum absolute atomic E-state index is 0.138. The molecule has 6 heteroatoms. The molecule has 2 aromatic rings. The van der Waals surface area contributed by atoms with Crippen LogP contribution in [-0.4, -0.2) is 34.7 Å². The first kappa shape index (κ1) is 14.4. The molecule has 3 rings (SSSR count). The first-order valence-electron chi connectivity index (χ1n) is 7.00. The Kier molecular flexibility index (Phi) is 4.14. The summed E-state index contributed by atoms with van der Waals surface area (Å²) in [7, 11) is 1.62. The Labute approximate surface area is 129 Å². The van der Waals surface area contributed by atoms with Crippen LogP contribution in [-0.2, 0) is 13.1 Å². The van der Waals surface area contributed by atoms with E-state index >= 15 is 0 Å². The van der Waals surface area contributed by atoms with Crippen LogP contribution < -0.4 is 10.5 Å². The van der Waals surface area contributed by atoms with Crippen molar-refractivity contribution in [2.75, 3.05) is 20.2 Å². The highest BCUT2D eigenvalue weighted by Gasteiger charge is 2.24. The van der Waals surface area contributed by atoms with Crippen LogP contribution in [0.1, 0.15) is 17.4 Å². The van der Waals surface area contributed by atoms with Crippen molar-refractivity contribution in [2.24, 2.45) is 5.73 Å². The predicted molar refractivity (Wildman–Crippen MR) is 82.4 cm³/mol. The van der Waals surface area contributed by atoms with Crippen molar-refractivity contribution >= 4 is 11.6 Å². The van der Waals surface area contributed by atoms with E-state index in [-0.39, 0.29) is 6.04 Å². The van der Waals surface area contributed by atoms with Gasteiger partial charge in [0, 0.05) is 38.1 Å². The average Bonchev–Trinajstić information content (AvgIpc) is 2.96. The second-order valence-corrected chi connectivity index (χ2v) is 5.56. The third kappa shape index (κ3) is 2.77. The van der Waals surface area contributed by atoms with Crippen LogP contribution in [0.5, 0.6) is 5.75 Å². The fourth-order valence-electron chi connectivity index (χ4n) is 2.84. The van der Waals surface area contributed by atoms with Crippen LogP contribution in [0.25, 0.3) is 0 Å². The Balaban J connectivity index is 1.84. The molecule has 0 radical (unpaired) electrons. The fraction of sp³-hybridized carbons (Fsp3) is 0.400. The summed E-state index contributed by atoms with van der Waals surface area (Å²) in [6, 6.07) is 6.01. The average molecular weight is 307 g/mol. The molecule has 0 saturated heterocycles. The van der Waals surface area contributed by atoms with Crippen molar-refractivity contribution in [1.82, 2.24) is 14.5 Å². The number of hydrogen-bond acceptors (Lipinski definition) is 4. The Morgan fingerprint density at radius 1 is 1.43 bits per heavy atom. The number of aromatic nitrogens is 2. The van der Waals surface area contributed by atoms with Gasteiger partial charge in [-0.3, -0.25) is 4.90 Å². The first-order valence-corrected chi connectivity index (χ1v) is 7.38. The summed E-state index contributed by atoms with van der Waals surface area (Å²) < 4.78 is 7.39. The molecule has 21 heavy (non-hydrogen) atoms. The maximum Gasteiger partial charge on any atom is 0.137 e. The molecule has 0 fully saturated rings. The zero-order chi connectivity index (χ0) is 14.8. The van der Waals surface area contributed by atoms with Crippen molar-refractivity contribution in [1.29, 1.82) is 0 Å².